The van der Waals surface area contributed by atoms with Crippen LogP contribution in [0.3, 0.4) is 0 Å². The van der Waals surface area contributed by atoms with Crippen molar-refractivity contribution in [2.75, 3.05) is 67.7 Å². The highest BCUT2D eigenvalue weighted by Gasteiger charge is 2.66. The average Bonchev–Trinajstić information content (AvgIpc) is 0.824. The molecule has 26 nitrogen and oxygen atoms in total. The molecule has 4 saturated carbocycles. The van der Waals surface area contributed by atoms with Crippen molar-refractivity contribution in [3.63, 3.8) is 0 Å². The lowest BCUT2D eigenvalue weighted by atomic mass is 9.39. The number of amides is 7. The Kier molecular flexibility index (Phi) is 22.5. The molecule has 3 aromatic heterocycles. The highest BCUT2D eigenvalue weighted by molar-refractivity contribution is 7.51. The summed E-state index contributed by atoms with van der Waals surface area (Å²) in [5.41, 5.74) is 5.52. The molecule has 6 aromatic rings. The van der Waals surface area contributed by atoms with Crippen LogP contribution in [-0.4, -0.2) is 162 Å². The molecule has 0 radical (unpaired) electrons. The molecule has 4 atom stereocenters. The van der Waals surface area contributed by atoms with Gasteiger partial charge in [-0.1, -0.05) is 81.9 Å². The van der Waals surface area contributed by atoms with Gasteiger partial charge in [0.2, 0.25) is 17.7 Å². The zero-order chi connectivity index (χ0) is 72.0. The van der Waals surface area contributed by atoms with Gasteiger partial charge >= 0.3 is 19.7 Å². The number of unbranched alkanes of at least 4 members (excludes halogenated alkanes) is 2. The molecule has 0 spiro atoms. The minimum atomic E-state index is -4.36. The van der Waals surface area contributed by atoms with E-state index in [4.69, 9.17) is 24.3 Å². The van der Waals surface area contributed by atoms with Crippen LogP contribution in [0.4, 0.5) is 21.4 Å². The average molecular weight is 1420 g/mol. The fourth-order valence-corrected chi connectivity index (χ4v) is 17.9. The predicted molar refractivity (Wildman–Crippen MR) is 379 cm³/mol. The molecule has 6 aliphatic rings. The number of nitrogens with zero attached hydrogens (tertiary/aromatic N) is 7. The van der Waals surface area contributed by atoms with Gasteiger partial charge in [0.1, 0.15) is 24.5 Å². The Morgan fingerprint density at radius 2 is 1.51 bits per heavy atom. The van der Waals surface area contributed by atoms with Crippen molar-refractivity contribution in [2.45, 2.75) is 156 Å². The number of thiazole rings is 1. The quantitative estimate of drug-likeness (QED) is 0.0117. The molecular weight excluding hydrogens is 1330 g/mol. The SMILES string of the molecule is Cc1c(-c2ccc(N3CCc4cccc(C(=O)Nc5nc6ccccc6s5)c4C3)nc2C(=O)O)cnn1CC12CC3(C)CC(C)(C1)CC(OCCOCCN(CCCP(=O)(O)O)C(=O)OCc1ccc(NC(=O)C(C)NC(=O)[C@@H](NC(=O)CCCCCN4C(=O)C=CC4=O)C(C)C)cc1)(C3)C2. The number of hydrogen-bond acceptors (Lipinski definition) is 17. The Morgan fingerprint density at radius 1 is 0.772 bits per heavy atom. The first-order valence-electron chi connectivity index (χ1n) is 34.6. The lowest BCUT2D eigenvalue weighted by Crippen LogP contribution is -2.64. The third-order valence-corrected chi connectivity index (χ3v) is 21.9. The van der Waals surface area contributed by atoms with Crippen LogP contribution in [0.5, 0.6) is 0 Å². The third-order valence-electron chi connectivity index (χ3n) is 20.0. The molecule has 5 heterocycles. The number of aromatic carboxylic acids is 1. The summed E-state index contributed by atoms with van der Waals surface area (Å²) in [5.74, 6) is -3.33. The summed E-state index contributed by atoms with van der Waals surface area (Å²) in [6.07, 6.45) is 11.1. The minimum absolute atomic E-state index is 0.000274. The smallest absolute Gasteiger partial charge is 0.410 e. The number of carbonyl (C=O) groups excluding carboxylic acids is 7. The monoisotopic (exact) mass is 1420 g/mol. The standard InChI is InChI=1S/C73H90N11O15PS/c1-46(2)62(79-59(85)18-8-7-11-29-83-60(86)25-26-61(83)87)66(90)75-47(3)64(88)76-51-21-19-49(20-22-51)38-98-69(93)81(28-13-35-100(94,95)96)31-32-97-33-34-99-73-42-70(5)39-71(6,43-73)41-72(40-70,44-73)45-84-48(4)54(36-74-84)52-23-24-58(78-63(52)67(91)92)82-30-27-50-14-12-15-53(55(50)37-82)65(89)80-68-77-56-16-9-10-17-57(56)101-68/h9-10,12,14-17,19-26,36,46-47,62H,7-8,11,13,18,27-35,37-45H2,1-6H3,(H,75,90)(H,76,88)(H,79,85)(H,91,92)(H,77,80,89)(H2,94,95,96)/t47?,62-,70?,71?,72?,73?/m0/s1. The second-order valence-electron chi connectivity index (χ2n) is 29.0. The van der Waals surface area contributed by atoms with Crippen molar-refractivity contribution in [3.05, 3.63) is 131 Å². The first-order valence-corrected chi connectivity index (χ1v) is 37.2. The van der Waals surface area contributed by atoms with Crippen molar-refractivity contribution < 1.29 is 72.0 Å². The van der Waals surface area contributed by atoms with Crippen LogP contribution in [0.1, 0.15) is 148 Å². The highest BCUT2D eigenvalue weighted by Crippen LogP contribution is 2.72. The number of imide groups is 1. The number of aromatic nitrogens is 4. The van der Waals surface area contributed by atoms with Gasteiger partial charge < -0.3 is 54.9 Å². The van der Waals surface area contributed by atoms with Gasteiger partial charge in [-0.2, -0.15) is 5.10 Å². The number of hydrogen-bond donors (Lipinski definition) is 7. The fraction of sp³-hybridized carbons (Fsp3) is 0.493. The van der Waals surface area contributed by atoms with E-state index < -0.39 is 55.3 Å². The molecule has 538 valence electrons. The summed E-state index contributed by atoms with van der Waals surface area (Å²) in [5, 5.41) is 27.4. The van der Waals surface area contributed by atoms with Crippen LogP contribution >= 0.6 is 18.9 Å². The van der Waals surface area contributed by atoms with Crippen molar-refractivity contribution >= 4 is 93.3 Å². The second-order valence-corrected chi connectivity index (χ2v) is 31.8. The number of carbonyl (C=O) groups is 8. The van der Waals surface area contributed by atoms with E-state index in [1.54, 1.807) is 50.4 Å². The first kappa shape index (κ1) is 73.5. The van der Waals surface area contributed by atoms with Crippen LogP contribution in [0.2, 0.25) is 0 Å². The number of rotatable bonds is 32. The molecule has 28 heteroatoms. The van der Waals surface area contributed by atoms with E-state index in [9.17, 15) is 57.8 Å². The lowest BCUT2D eigenvalue weighted by molar-refractivity contribution is -0.250. The van der Waals surface area contributed by atoms with Crippen LogP contribution < -0.4 is 26.2 Å². The molecule has 101 heavy (non-hydrogen) atoms. The number of anilines is 3. The predicted octanol–water partition coefficient (Wildman–Crippen LogP) is 9.80. The van der Waals surface area contributed by atoms with E-state index in [0.29, 0.717) is 90.8 Å². The number of carboxylic acids is 1. The number of fused-ring (bicyclic) bond motifs is 2. The van der Waals surface area contributed by atoms with E-state index in [1.165, 1.54) is 35.3 Å². The molecular formula is C73H90N11O15PS. The van der Waals surface area contributed by atoms with Gasteiger partial charge in [-0.3, -0.25) is 48.2 Å². The molecule has 2 aliphatic heterocycles. The molecule has 12 rings (SSSR count). The Balaban J connectivity index is 0.646. The summed E-state index contributed by atoms with van der Waals surface area (Å²) in [6, 6.07) is 21.7. The summed E-state index contributed by atoms with van der Waals surface area (Å²) >= 11 is 1.41. The largest absolute Gasteiger partial charge is 0.476 e. The van der Waals surface area contributed by atoms with Crippen molar-refractivity contribution in [1.82, 2.24) is 40.2 Å². The van der Waals surface area contributed by atoms with Crippen LogP contribution in [0.15, 0.2) is 97.2 Å². The van der Waals surface area contributed by atoms with Gasteiger partial charge in [0.05, 0.1) is 48.0 Å². The van der Waals surface area contributed by atoms with Crippen LogP contribution in [0.25, 0.3) is 21.3 Å². The highest BCUT2D eigenvalue weighted by atomic mass is 32.1. The molecule has 7 amide bonds. The molecule has 3 unspecified atom stereocenters. The van der Waals surface area contributed by atoms with Gasteiger partial charge in [-0.05, 0) is 159 Å². The minimum Gasteiger partial charge on any atom is -0.476 e. The number of ether oxygens (including phenoxy) is 3. The van der Waals surface area contributed by atoms with Crippen molar-refractivity contribution in [2.24, 2.45) is 22.2 Å². The molecule has 4 aliphatic carbocycles. The van der Waals surface area contributed by atoms with E-state index in [2.05, 4.69) is 40.1 Å². The molecule has 4 bridgehead atoms. The van der Waals surface area contributed by atoms with Gasteiger partial charge in [0, 0.05) is 85.9 Å². The summed E-state index contributed by atoms with van der Waals surface area (Å²) in [7, 11) is -4.36. The maximum Gasteiger partial charge on any atom is 0.410 e. The number of nitrogens with one attached hydrogen (secondary N) is 4. The summed E-state index contributed by atoms with van der Waals surface area (Å²) in [4.78, 5) is 137. The van der Waals surface area contributed by atoms with Crippen LogP contribution in [0, 0.1) is 29.1 Å². The fourth-order valence-electron chi connectivity index (χ4n) is 16.5. The molecule has 0 saturated heterocycles. The maximum atomic E-state index is 13.8. The van der Waals surface area contributed by atoms with Gasteiger partial charge in [0.25, 0.3) is 17.7 Å². The van der Waals surface area contributed by atoms with E-state index in [1.807, 2.05) is 65.0 Å². The van der Waals surface area contributed by atoms with E-state index in [0.717, 1.165) is 70.5 Å². The topological polar surface area (TPSA) is 343 Å². The Hall–Kier alpha value is -8.72. The molecule has 4 fully saturated rings. The Bertz CT molecular complexity index is 4140. The van der Waals surface area contributed by atoms with Crippen LogP contribution in [-0.2, 0) is 68.9 Å². The van der Waals surface area contributed by atoms with Gasteiger partial charge in [0.15, 0.2) is 10.8 Å². The first-order chi connectivity index (χ1) is 48.1. The lowest BCUT2D eigenvalue weighted by Gasteiger charge is -2.69. The van der Waals surface area contributed by atoms with E-state index >= 15 is 0 Å². The number of pyridine rings is 1. The molecule has 7 N–H and O–H groups in total. The van der Waals surface area contributed by atoms with Gasteiger partial charge in [-0.25, -0.2) is 19.6 Å². The van der Waals surface area contributed by atoms with Crippen molar-refractivity contribution in [3.8, 4) is 11.1 Å². The number of benzene rings is 3. The second kappa shape index (κ2) is 30.9. The summed E-state index contributed by atoms with van der Waals surface area (Å²) < 4.78 is 33.5. The van der Waals surface area contributed by atoms with E-state index in [-0.39, 0.29) is 104 Å². The zero-order valence-electron chi connectivity index (χ0n) is 58.0. The zero-order valence-corrected chi connectivity index (χ0v) is 59.7. The van der Waals surface area contributed by atoms with Crippen molar-refractivity contribution in [1.29, 1.82) is 0 Å². The molecule has 3 aromatic carbocycles. The normalized spacial score (nSPS) is 21.2. The summed E-state index contributed by atoms with van der Waals surface area (Å²) in [6.45, 7) is 14.1. The Morgan fingerprint density at radius 3 is 2.23 bits per heavy atom. The maximum absolute atomic E-state index is 13.8. The van der Waals surface area contributed by atoms with Gasteiger partial charge in [-0.15, -0.1) is 0 Å². The Labute approximate surface area is 590 Å². The third kappa shape index (κ3) is 18.0. The number of carboxylic acid groups (broad SMARTS) is 1. The number of para-hydroxylation sites is 1.